The Labute approximate surface area is 142 Å². The number of hydrogen-bond donors (Lipinski definition) is 2. The van der Waals surface area contributed by atoms with E-state index in [-0.39, 0.29) is 11.3 Å². The Balaban J connectivity index is 2.30. The molecule has 0 aliphatic carbocycles. The number of hydrogen-bond acceptors (Lipinski definition) is 3. The van der Waals surface area contributed by atoms with Crippen molar-refractivity contribution in [1.82, 2.24) is 4.72 Å². The smallest absolute Gasteiger partial charge is 0.305 e. The molecule has 2 N–H and O–H groups in total. The van der Waals surface area contributed by atoms with E-state index in [1.165, 1.54) is 12.1 Å². The largest absolute Gasteiger partial charge is 0.481 e. The Hall–Kier alpha value is -2.18. The minimum absolute atomic E-state index is 0.110. The van der Waals surface area contributed by atoms with Crippen molar-refractivity contribution < 1.29 is 18.3 Å². The molecule has 0 fully saturated rings. The highest BCUT2D eigenvalue weighted by atomic mass is 32.2. The van der Waals surface area contributed by atoms with Crippen LogP contribution in [0.1, 0.15) is 43.4 Å². The Morgan fingerprint density at radius 3 is 2.04 bits per heavy atom. The molecular formula is C18H21NO4S. The second-order valence-corrected chi connectivity index (χ2v) is 7.62. The minimum atomic E-state index is -3.79. The topological polar surface area (TPSA) is 83.5 Å². The number of benzene rings is 2. The second-order valence-electron chi connectivity index (χ2n) is 5.91. The summed E-state index contributed by atoms with van der Waals surface area (Å²) in [6, 6.07) is 14.4. The summed E-state index contributed by atoms with van der Waals surface area (Å²) in [6.07, 6.45) is -0.326. The molecule has 0 aliphatic heterocycles. The molecule has 0 saturated carbocycles. The van der Waals surface area contributed by atoms with Crippen molar-refractivity contribution in [3.8, 4) is 0 Å². The summed E-state index contributed by atoms with van der Waals surface area (Å²) >= 11 is 0. The van der Waals surface area contributed by atoms with E-state index < -0.39 is 22.0 Å². The fourth-order valence-corrected chi connectivity index (χ4v) is 3.62. The van der Waals surface area contributed by atoms with Gasteiger partial charge in [-0.3, -0.25) is 4.79 Å². The van der Waals surface area contributed by atoms with Crippen LogP contribution in [0.25, 0.3) is 0 Å². The molecule has 2 aromatic carbocycles. The van der Waals surface area contributed by atoms with E-state index in [1.807, 2.05) is 12.1 Å². The maximum absolute atomic E-state index is 12.5. The van der Waals surface area contributed by atoms with Crippen LogP contribution in [0.15, 0.2) is 59.5 Å². The number of carboxylic acid groups (broad SMARTS) is 1. The van der Waals surface area contributed by atoms with E-state index in [0.29, 0.717) is 11.5 Å². The molecule has 0 spiro atoms. The Morgan fingerprint density at radius 2 is 1.54 bits per heavy atom. The Kier molecular flexibility index (Phi) is 5.75. The average Bonchev–Trinajstić information content (AvgIpc) is 2.54. The summed E-state index contributed by atoms with van der Waals surface area (Å²) < 4.78 is 27.4. The number of carboxylic acids is 1. The van der Waals surface area contributed by atoms with Crippen molar-refractivity contribution in [2.24, 2.45) is 0 Å². The molecule has 1 atom stereocenters. The molecule has 0 heterocycles. The van der Waals surface area contributed by atoms with Crippen LogP contribution >= 0.6 is 0 Å². The third kappa shape index (κ3) is 4.66. The van der Waals surface area contributed by atoms with E-state index >= 15 is 0 Å². The number of rotatable bonds is 7. The normalized spacial score (nSPS) is 13.0. The summed E-state index contributed by atoms with van der Waals surface area (Å²) in [5, 5.41) is 9.12. The van der Waals surface area contributed by atoms with Gasteiger partial charge in [0.05, 0.1) is 17.4 Å². The molecule has 0 aliphatic rings. The zero-order valence-electron chi connectivity index (χ0n) is 13.6. The van der Waals surface area contributed by atoms with Gasteiger partial charge in [-0.25, -0.2) is 13.1 Å². The van der Waals surface area contributed by atoms with Crippen LogP contribution in [-0.4, -0.2) is 19.5 Å². The molecule has 0 radical (unpaired) electrons. The maximum atomic E-state index is 12.5. The number of carbonyl (C=O) groups is 1. The lowest BCUT2D eigenvalue weighted by atomic mass is 9.98. The van der Waals surface area contributed by atoms with Crippen LogP contribution in [0.5, 0.6) is 0 Å². The highest BCUT2D eigenvalue weighted by Gasteiger charge is 2.23. The van der Waals surface area contributed by atoms with Gasteiger partial charge in [-0.15, -0.1) is 0 Å². The molecule has 24 heavy (non-hydrogen) atoms. The number of sulfonamides is 1. The van der Waals surface area contributed by atoms with Gasteiger partial charge >= 0.3 is 5.97 Å². The van der Waals surface area contributed by atoms with Crippen LogP contribution in [0.2, 0.25) is 0 Å². The quantitative estimate of drug-likeness (QED) is 0.805. The average molecular weight is 347 g/mol. The van der Waals surface area contributed by atoms with Crippen molar-refractivity contribution >= 4 is 16.0 Å². The van der Waals surface area contributed by atoms with Crippen molar-refractivity contribution in [3.63, 3.8) is 0 Å². The van der Waals surface area contributed by atoms with Gasteiger partial charge in [-0.2, -0.15) is 0 Å². The van der Waals surface area contributed by atoms with Crippen LogP contribution < -0.4 is 4.72 Å². The van der Waals surface area contributed by atoms with Gasteiger partial charge in [-0.1, -0.05) is 56.3 Å². The molecule has 1 unspecified atom stereocenters. The molecule has 5 nitrogen and oxygen atoms in total. The van der Waals surface area contributed by atoms with Crippen molar-refractivity contribution in [2.75, 3.05) is 0 Å². The first-order valence-corrected chi connectivity index (χ1v) is 9.17. The van der Waals surface area contributed by atoms with Crippen LogP contribution in [0.3, 0.4) is 0 Å². The first-order valence-electron chi connectivity index (χ1n) is 7.68. The van der Waals surface area contributed by atoms with Gasteiger partial charge in [0, 0.05) is 0 Å². The first-order chi connectivity index (χ1) is 11.3. The van der Waals surface area contributed by atoms with Crippen molar-refractivity contribution in [3.05, 3.63) is 65.7 Å². The van der Waals surface area contributed by atoms with Gasteiger partial charge in [0.15, 0.2) is 0 Å². The first kappa shape index (κ1) is 18.2. The minimum Gasteiger partial charge on any atom is -0.481 e. The molecule has 0 bridgehead atoms. The van der Waals surface area contributed by atoms with Crippen LogP contribution in [0, 0.1) is 0 Å². The lowest BCUT2D eigenvalue weighted by Gasteiger charge is -2.18. The zero-order valence-corrected chi connectivity index (χ0v) is 14.5. The lowest BCUT2D eigenvalue weighted by molar-refractivity contribution is -0.137. The van der Waals surface area contributed by atoms with Gasteiger partial charge < -0.3 is 5.11 Å². The van der Waals surface area contributed by atoms with Crippen molar-refractivity contribution in [1.29, 1.82) is 0 Å². The fourth-order valence-electron chi connectivity index (χ4n) is 2.37. The zero-order chi connectivity index (χ0) is 17.7. The summed E-state index contributed by atoms with van der Waals surface area (Å²) in [5.41, 5.74) is 1.74. The van der Waals surface area contributed by atoms with Gasteiger partial charge in [0.1, 0.15) is 0 Å². The van der Waals surface area contributed by atoms with Crippen LogP contribution in [0.4, 0.5) is 0 Å². The molecule has 0 amide bonds. The summed E-state index contributed by atoms with van der Waals surface area (Å²) in [6.45, 7) is 4.11. The van der Waals surface area contributed by atoms with E-state index in [4.69, 9.17) is 5.11 Å². The summed E-state index contributed by atoms with van der Waals surface area (Å²) in [4.78, 5) is 11.3. The molecule has 128 valence electrons. The molecular weight excluding hydrogens is 326 g/mol. The molecule has 2 aromatic rings. The molecule has 0 aromatic heterocycles. The van der Waals surface area contributed by atoms with E-state index in [9.17, 15) is 13.2 Å². The predicted octanol–water partition coefficient (Wildman–Crippen LogP) is 3.30. The Bertz CT molecular complexity index is 784. The third-order valence-electron chi connectivity index (χ3n) is 3.74. The van der Waals surface area contributed by atoms with Crippen molar-refractivity contribution in [2.45, 2.75) is 37.1 Å². The third-order valence-corrected chi connectivity index (χ3v) is 5.22. The van der Waals surface area contributed by atoms with E-state index in [2.05, 4.69) is 18.6 Å². The van der Waals surface area contributed by atoms with Gasteiger partial charge in [0.2, 0.25) is 10.0 Å². The lowest BCUT2D eigenvalue weighted by Crippen LogP contribution is -2.30. The Morgan fingerprint density at radius 1 is 1.00 bits per heavy atom. The van der Waals surface area contributed by atoms with Gasteiger partial charge in [-0.05, 0) is 29.2 Å². The highest BCUT2D eigenvalue weighted by Crippen LogP contribution is 2.23. The predicted molar refractivity (Wildman–Crippen MR) is 92.3 cm³/mol. The SMILES string of the molecule is CC(C)c1ccc(C(CC(=O)O)NS(=O)(=O)c2ccccc2)cc1. The molecule has 2 rings (SSSR count). The second kappa shape index (κ2) is 7.59. The summed E-state index contributed by atoms with van der Waals surface area (Å²) in [7, 11) is -3.79. The number of aliphatic carboxylic acids is 1. The molecule has 6 heteroatoms. The highest BCUT2D eigenvalue weighted by molar-refractivity contribution is 7.89. The van der Waals surface area contributed by atoms with Gasteiger partial charge in [0.25, 0.3) is 0 Å². The van der Waals surface area contributed by atoms with E-state index in [1.54, 1.807) is 30.3 Å². The standard InChI is InChI=1S/C18H21NO4S/c1-13(2)14-8-10-15(11-9-14)17(12-18(20)21)19-24(22,23)16-6-4-3-5-7-16/h3-11,13,17,19H,12H2,1-2H3,(H,20,21). The maximum Gasteiger partial charge on any atom is 0.305 e. The van der Waals surface area contributed by atoms with E-state index in [0.717, 1.165) is 5.56 Å². The molecule has 0 saturated heterocycles. The monoisotopic (exact) mass is 347 g/mol. The number of nitrogens with one attached hydrogen (secondary N) is 1. The van der Waals surface area contributed by atoms with Crippen LogP contribution in [-0.2, 0) is 14.8 Å². The fraction of sp³-hybridized carbons (Fsp3) is 0.278. The summed E-state index contributed by atoms with van der Waals surface area (Å²) in [5.74, 6) is -0.721.